The molecule has 4 rings (SSSR count). The van der Waals surface area contributed by atoms with Gasteiger partial charge in [0.05, 0.1) is 18.0 Å². The molecule has 3 N–H and O–H groups in total. The van der Waals surface area contributed by atoms with Crippen LogP contribution in [-0.2, 0) is 20.7 Å². The van der Waals surface area contributed by atoms with Crippen LogP contribution in [0.5, 0.6) is 0 Å². The lowest BCUT2D eigenvalue weighted by Gasteiger charge is -2.14. The molecule has 0 saturated heterocycles. The Morgan fingerprint density at radius 3 is 2.38 bits per heavy atom. The average Bonchev–Trinajstić information content (AvgIpc) is 3.39. The number of carboxylic acids is 1. The maximum absolute atomic E-state index is 12.4. The van der Waals surface area contributed by atoms with E-state index in [1.165, 1.54) is 11.3 Å². The molecule has 0 saturated carbocycles. The minimum absolute atomic E-state index is 0.0300. The summed E-state index contributed by atoms with van der Waals surface area (Å²) in [7, 11) is 0. The lowest BCUT2D eigenvalue weighted by Crippen LogP contribution is -2.28. The fraction of sp³-hybridized carbons (Fsp3) is 0.280. The molecule has 176 valence electrons. The molecule has 0 spiro atoms. The number of anilines is 1. The third-order valence-corrected chi connectivity index (χ3v) is 6.57. The van der Waals surface area contributed by atoms with Crippen LogP contribution in [0.2, 0.25) is 0 Å². The summed E-state index contributed by atoms with van der Waals surface area (Å²) < 4.78 is 5.52. The van der Waals surface area contributed by atoms with E-state index in [0.717, 1.165) is 22.3 Å². The van der Waals surface area contributed by atoms with Crippen LogP contribution in [0.3, 0.4) is 0 Å². The Balaban J connectivity index is 1.27. The highest BCUT2D eigenvalue weighted by atomic mass is 32.1. The van der Waals surface area contributed by atoms with Gasteiger partial charge < -0.3 is 15.2 Å². The molecule has 2 amide bonds. The van der Waals surface area contributed by atoms with E-state index in [9.17, 15) is 14.4 Å². The number of hydrogen-bond acceptors (Lipinski definition) is 6. The van der Waals surface area contributed by atoms with Crippen LogP contribution in [0.4, 0.5) is 9.93 Å². The maximum Gasteiger partial charge on any atom is 0.413 e. The van der Waals surface area contributed by atoms with E-state index in [-0.39, 0.29) is 31.4 Å². The van der Waals surface area contributed by atoms with Crippen molar-refractivity contribution < 1.29 is 24.2 Å². The first kappa shape index (κ1) is 23.4. The number of hydrogen-bond donors (Lipinski definition) is 3. The Labute approximate surface area is 201 Å². The van der Waals surface area contributed by atoms with Gasteiger partial charge in [-0.05, 0) is 28.7 Å². The molecule has 0 fully saturated rings. The van der Waals surface area contributed by atoms with Crippen LogP contribution in [0.25, 0.3) is 11.1 Å². The van der Waals surface area contributed by atoms with Gasteiger partial charge >= 0.3 is 12.1 Å². The number of carbonyl (C=O) groups is 3. The summed E-state index contributed by atoms with van der Waals surface area (Å²) in [6.07, 6.45) is -0.202. The first-order valence-electron chi connectivity index (χ1n) is 11.0. The highest BCUT2D eigenvalue weighted by Gasteiger charge is 2.29. The molecular formula is C25H25N3O5S. The number of aliphatic carboxylic acids is 1. The van der Waals surface area contributed by atoms with Crippen molar-refractivity contribution >= 4 is 34.4 Å². The minimum atomic E-state index is -0.891. The molecule has 34 heavy (non-hydrogen) atoms. The summed E-state index contributed by atoms with van der Waals surface area (Å²) in [5, 5.41) is 16.2. The second-order valence-electron chi connectivity index (χ2n) is 8.15. The number of nitrogens with zero attached hydrogens (tertiary/aromatic N) is 1. The van der Waals surface area contributed by atoms with E-state index in [1.807, 2.05) is 24.3 Å². The fourth-order valence-corrected chi connectivity index (χ4v) is 4.64. The van der Waals surface area contributed by atoms with Crippen molar-refractivity contribution in [2.45, 2.75) is 25.7 Å². The van der Waals surface area contributed by atoms with E-state index in [1.54, 1.807) is 12.3 Å². The molecule has 9 heteroatoms. The number of amides is 2. The van der Waals surface area contributed by atoms with Crippen LogP contribution < -0.4 is 10.6 Å². The van der Waals surface area contributed by atoms with Gasteiger partial charge in [0.15, 0.2) is 5.13 Å². The van der Waals surface area contributed by atoms with Gasteiger partial charge in [0.25, 0.3) is 0 Å². The molecule has 8 nitrogen and oxygen atoms in total. The molecule has 0 bridgehead atoms. The molecule has 1 unspecified atom stereocenters. The van der Waals surface area contributed by atoms with Crippen molar-refractivity contribution in [3.05, 3.63) is 70.7 Å². The Morgan fingerprint density at radius 1 is 1.09 bits per heavy atom. The van der Waals surface area contributed by atoms with Crippen LogP contribution >= 0.6 is 11.3 Å². The molecule has 1 aliphatic carbocycles. The first-order chi connectivity index (χ1) is 16.4. The number of carboxylic acid groups (broad SMARTS) is 1. The number of aromatic nitrogens is 1. The van der Waals surface area contributed by atoms with E-state index in [4.69, 9.17) is 9.84 Å². The predicted octanol–water partition coefficient (Wildman–Crippen LogP) is 4.27. The van der Waals surface area contributed by atoms with E-state index >= 15 is 0 Å². The van der Waals surface area contributed by atoms with Crippen molar-refractivity contribution in [1.29, 1.82) is 0 Å². The monoisotopic (exact) mass is 479 g/mol. The predicted molar refractivity (Wildman–Crippen MR) is 129 cm³/mol. The molecule has 1 heterocycles. The summed E-state index contributed by atoms with van der Waals surface area (Å²) >= 11 is 1.21. The van der Waals surface area contributed by atoms with Crippen molar-refractivity contribution in [2.75, 3.05) is 18.5 Å². The van der Waals surface area contributed by atoms with Gasteiger partial charge in [-0.2, -0.15) is 0 Å². The summed E-state index contributed by atoms with van der Waals surface area (Å²) in [5.41, 5.74) is 5.11. The van der Waals surface area contributed by atoms with E-state index in [2.05, 4.69) is 39.9 Å². The molecule has 3 aromatic rings. The van der Waals surface area contributed by atoms with Gasteiger partial charge in [-0.3, -0.25) is 14.9 Å². The number of carbonyl (C=O) groups excluding carboxylic acids is 2. The Kier molecular flexibility index (Phi) is 7.22. The lowest BCUT2D eigenvalue weighted by molar-refractivity contribution is -0.141. The first-order valence-corrected chi connectivity index (χ1v) is 11.9. The number of ether oxygens (including phenoxy) is 1. The maximum atomic E-state index is 12.4. The van der Waals surface area contributed by atoms with Gasteiger partial charge in [-0.1, -0.05) is 55.5 Å². The van der Waals surface area contributed by atoms with Gasteiger partial charge in [-0.25, -0.2) is 9.78 Å². The number of fused-ring (bicyclic) bond motifs is 3. The normalized spacial score (nSPS) is 13.0. The standard InChI is InChI=1S/C25H25N3O5S/c1-15(23(30)31)10-11-26-22(29)12-16-14-34-24(27-16)28-25(32)33-13-21-19-8-4-2-6-17(19)18-7-3-5-9-20(18)21/h2-9,14-15,21H,10-13H2,1H3,(H,26,29)(H,30,31)(H,27,28,32). The number of thiazole rings is 1. The molecule has 1 atom stereocenters. The Hall–Kier alpha value is -3.72. The van der Waals surface area contributed by atoms with Crippen LogP contribution in [0, 0.1) is 5.92 Å². The second-order valence-corrected chi connectivity index (χ2v) is 9.01. The smallest absolute Gasteiger partial charge is 0.413 e. The third-order valence-electron chi connectivity index (χ3n) is 5.77. The zero-order valence-electron chi connectivity index (χ0n) is 18.6. The van der Waals surface area contributed by atoms with E-state index in [0.29, 0.717) is 17.2 Å². The molecule has 0 radical (unpaired) electrons. The van der Waals surface area contributed by atoms with Gasteiger partial charge in [0, 0.05) is 17.8 Å². The minimum Gasteiger partial charge on any atom is -0.481 e. The highest BCUT2D eigenvalue weighted by Crippen LogP contribution is 2.44. The molecular weight excluding hydrogens is 454 g/mol. The van der Waals surface area contributed by atoms with Crippen molar-refractivity contribution in [3.63, 3.8) is 0 Å². The summed E-state index contributed by atoms with van der Waals surface area (Å²) in [6, 6.07) is 16.2. The summed E-state index contributed by atoms with van der Waals surface area (Å²) in [4.78, 5) is 39.5. The zero-order valence-corrected chi connectivity index (χ0v) is 19.4. The SMILES string of the molecule is CC(CCNC(=O)Cc1csc(NC(=O)OCC2c3ccccc3-c3ccccc32)n1)C(=O)O. The van der Waals surface area contributed by atoms with Crippen LogP contribution in [0.1, 0.15) is 36.1 Å². The third kappa shape index (κ3) is 5.43. The molecule has 1 aliphatic rings. The second kappa shape index (κ2) is 10.5. The molecule has 1 aromatic heterocycles. The van der Waals surface area contributed by atoms with Crippen molar-refractivity contribution in [3.8, 4) is 11.1 Å². The van der Waals surface area contributed by atoms with Gasteiger partial charge in [0.1, 0.15) is 6.61 Å². The number of nitrogens with one attached hydrogen (secondary N) is 2. The topological polar surface area (TPSA) is 118 Å². The molecule has 0 aliphatic heterocycles. The zero-order chi connectivity index (χ0) is 24.1. The summed E-state index contributed by atoms with van der Waals surface area (Å²) in [6.45, 7) is 2.08. The summed E-state index contributed by atoms with van der Waals surface area (Å²) in [5.74, 6) is -1.70. The Bertz CT molecular complexity index is 1160. The number of rotatable bonds is 9. The quantitative estimate of drug-likeness (QED) is 0.422. The van der Waals surface area contributed by atoms with Crippen LogP contribution in [-0.4, -0.2) is 41.2 Å². The van der Waals surface area contributed by atoms with E-state index < -0.39 is 18.0 Å². The van der Waals surface area contributed by atoms with Crippen molar-refractivity contribution in [1.82, 2.24) is 10.3 Å². The van der Waals surface area contributed by atoms with Crippen molar-refractivity contribution in [2.24, 2.45) is 5.92 Å². The fourth-order valence-electron chi connectivity index (χ4n) is 3.95. The largest absolute Gasteiger partial charge is 0.481 e. The number of benzene rings is 2. The van der Waals surface area contributed by atoms with Crippen LogP contribution in [0.15, 0.2) is 53.9 Å². The lowest BCUT2D eigenvalue weighted by atomic mass is 9.98. The Morgan fingerprint density at radius 2 is 1.74 bits per heavy atom. The van der Waals surface area contributed by atoms with Gasteiger partial charge in [0.2, 0.25) is 5.91 Å². The molecule has 2 aromatic carbocycles. The average molecular weight is 480 g/mol. The van der Waals surface area contributed by atoms with Gasteiger partial charge in [-0.15, -0.1) is 11.3 Å². The highest BCUT2D eigenvalue weighted by molar-refractivity contribution is 7.13.